The van der Waals surface area contributed by atoms with Gasteiger partial charge in [0.2, 0.25) is 0 Å². The zero-order valence-corrected chi connectivity index (χ0v) is 16.1. The average Bonchev–Trinajstić information content (AvgIpc) is 3.32. The van der Waals surface area contributed by atoms with Gasteiger partial charge in [0.1, 0.15) is 5.75 Å². The second-order valence-electron chi connectivity index (χ2n) is 6.57. The van der Waals surface area contributed by atoms with Gasteiger partial charge in [0.25, 0.3) is 11.8 Å². The lowest BCUT2D eigenvalue weighted by Gasteiger charge is -2.15. The van der Waals surface area contributed by atoms with Gasteiger partial charge in [-0.1, -0.05) is 30.3 Å². The number of benzene rings is 2. The molecule has 150 valence electrons. The summed E-state index contributed by atoms with van der Waals surface area (Å²) in [6.07, 6.45) is 4.00. The van der Waals surface area contributed by atoms with Crippen molar-refractivity contribution in [1.82, 2.24) is 25.6 Å². The van der Waals surface area contributed by atoms with Gasteiger partial charge in [0.05, 0.1) is 5.56 Å². The first-order valence-corrected chi connectivity index (χ1v) is 9.32. The Balaban J connectivity index is 1.32. The van der Waals surface area contributed by atoms with E-state index in [2.05, 4.69) is 20.9 Å². The highest BCUT2D eigenvalue weighted by molar-refractivity contribution is 5.95. The molecule has 0 spiro atoms. The summed E-state index contributed by atoms with van der Waals surface area (Å²) >= 11 is 0. The summed E-state index contributed by atoms with van der Waals surface area (Å²) in [5, 5.41) is 6.17. The van der Waals surface area contributed by atoms with Crippen LogP contribution in [0.5, 0.6) is 5.75 Å². The van der Waals surface area contributed by atoms with Gasteiger partial charge >= 0.3 is 0 Å². The number of carbonyl (C=O) groups excluding carboxylic acids is 2. The van der Waals surface area contributed by atoms with Gasteiger partial charge in [0, 0.05) is 18.6 Å². The topological polar surface area (TPSA) is 98.1 Å². The van der Waals surface area contributed by atoms with Crippen LogP contribution >= 0.6 is 0 Å². The standard InChI is InChI=1S/C22H19N5O3/c1-15(30-19-9-7-16-5-2-3-6-17(16)13-19)21(28)25-26-22(29)18-8-10-20(23-14-18)27-12-4-11-24-27/h2-15H,1H3,(H,25,28)(H,26,29). The summed E-state index contributed by atoms with van der Waals surface area (Å²) in [4.78, 5) is 28.7. The number of rotatable bonds is 5. The van der Waals surface area contributed by atoms with Gasteiger partial charge in [-0.05, 0) is 48.0 Å². The molecule has 0 saturated heterocycles. The van der Waals surface area contributed by atoms with Crippen molar-refractivity contribution in [3.63, 3.8) is 0 Å². The van der Waals surface area contributed by atoms with Crippen LogP contribution in [0.3, 0.4) is 0 Å². The molecule has 0 aliphatic carbocycles. The van der Waals surface area contributed by atoms with Gasteiger partial charge in [-0.25, -0.2) is 9.67 Å². The summed E-state index contributed by atoms with van der Waals surface area (Å²) in [7, 11) is 0. The number of carbonyl (C=O) groups is 2. The van der Waals surface area contributed by atoms with Crippen molar-refractivity contribution in [2.24, 2.45) is 0 Å². The molecule has 2 aromatic carbocycles. The van der Waals surface area contributed by atoms with E-state index in [1.807, 2.05) is 36.4 Å². The highest BCUT2D eigenvalue weighted by Gasteiger charge is 2.16. The molecule has 0 fully saturated rings. The molecule has 4 rings (SSSR count). The van der Waals surface area contributed by atoms with E-state index >= 15 is 0 Å². The van der Waals surface area contributed by atoms with Crippen molar-refractivity contribution >= 4 is 22.6 Å². The van der Waals surface area contributed by atoms with E-state index < -0.39 is 17.9 Å². The molecule has 0 aliphatic heterocycles. The monoisotopic (exact) mass is 401 g/mol. The minimum Gasteiger partial charge on any atom is -0.481 e. The number of fused-ring (bicyclic) bond motifs is 1. The van der Waals surface area contributed by atoms with Crippen molar-refractivity contribution in [3.05, 3.63) is 84.8 Å². The van der Waals surface area contributed by atoms with Gasteiger partial charge in [0.15, 0.2) is 11.9 Å². The summed E-state index contributed by atoms with van der Waals surface area (Å²) in [5.74, 6) is 0.192. The molecule has 4 aromatic rings. The van der Waals surface area contributed by atoms with E-state index in [9.17, 15) is 9.59 Å². The van der Waals surface area contributed by atoms with Crippen LogP contribution < -0.4 is 15.6 Å². The van der Waals surface area contributed by atoms with Crippen molar-refractivity contribution in [2.75, 3.05) is 0 Å². The molecule has 0 saturated carbocycles. The predicted molar refractivity (Wildman–Crippen MR) is 111 cm³/mol. The first-order valence-electron chi connectivity index (χ1n) is 9.32. The van der Waals surface area contributed by atoms with Crippen LogP contribution in [0.4, 0.5) is 0 Å². The molecule has 2 aromatic heterocycles. The highest BCUT2D eigenvalue weighted by atomic mass is 16.5. The van der Waals surface area contributed by atoms with Crippen LogP contribution in [0.2, 0.25) is 0 Å². The third-order valence-electron chi connectivity index (χ3n) is 4.45. The number of amides is 2. The lowest BCUT2D eigenvalue weighted by molar-refractivity contribution is -0.128. The molecule has 2 N–H and O–H groups in total. The SMILES string of the molecule is CC(Oc1ccc2ccccc2c1)C(=O)NNC(=O)c1ccc(-n2cccn2)nc1. The van der Waals surface area contributed by atoms with E-state index in [1.165, 1.54) is 6.20 Å². The molecule has 1 unspecified atom stereocenters. The molecule has 2 heterocycles. The molecule has 30 heavy (non-hydrogen) atoms. The maximum atomic E-state index is 12.3. The number of aromatic nitrogens is 3. The zero-order chi connectivity index (χ0) is 20.9. The Morgan fingerprint density at radius 3 is 2.57 bits per heavy atom. The molecule has 2 amide bonds. The molecule has 8 heteroatoms. The third kappa shape index (κ3) is 4.27. The Morgan fingerprint density at radius 2 is 1.83 bits per heavy atom. The van der Waals surface area contributed by atoms with E-state index in [0.717, 1.165) is 10.8 Å². The fourth-order valence-corrected chi connectivity index (χ4v) is 2.85. The lowest BCUT2D eigenvalue weighted by atomic mass is 10.1. The Hall–Kier alpha value is -4.20. The number of pyridine rings is 1. The number of ether oxygens (including phenoxy) is 1. The largest absolute Gasteiger partial charge is 0.481 e. The smallest absolute Gasteiger partial charge is 0.279 e. The normalized spacial score (nSPS) is 11.6. The van der Waals surface area contributed by atoms with Crippen LogP contribution in [-0.2, 0) is 4.79 Å². The minimum atomic E-state index is -0.799. The summed E-state index contributed by atoms with van der Waals surface area (Å²) < 4.78 is 7.27. The van der Waals surface area contributed by atoms with Crippen LogP contribution in [0.1, 0.15) is 17.3 Å². The molecule has 8 nitrogen and oxygen atoms in total. The highest BCUT2D eigenvalue weighted by Crippen LogP contribution is 2.21. The predicted octanol–water partition coefficient (Wildman–Crippen LogP) is 2.65. The van der Waals surface area contributed by atoms with E-state index in [-0.39, 0.29) is 0 Å². The Morgan fingerprint density at radius 1 is 1.00 bits per heavy atom. The van der Waals surface area contributed by atoms with Gasteiger partial charge in [-0.3, -0.25) is 20.4 Å². The molecular weight excluding hydrogens is 382 g/mol. The lowest BCUT2D eigenvalue weighted by Crippen LogP contribution is -2.47. The molecule has 1 atom stereocenters. The van der Waals surface area contributed by atoms with Crippen molar-refractivity contribution in [1.29, 1.82) is 0 Å². The Kier molecular flexibility index (Phi) is 5.38. The summed E-state index contributed by atoms with van der Waals surface area (Å²) in [6, 6.07) is 18.5. The molecule has 0 radical (unpaired) electrons. The fourth-order valence-electron chi connectivity index (χ4n) is 2.85. The van der Waals surface area contributed by atoms with Gasteiger partial charge in [-0.15, -0.1) is 0 Å². The number of hydrogen-bond acceptors (Lipinski definition) is 5. The van der Waals surface area contributed by atoms with Crippen LogP contribution in [-0.4, -0.2) is 32.7 Å². The quantitative estimate of drug-likeness (QED) is 0.501. The van der Waals surface area contributed by atoms with E-state index in [0.29, 0.717) is 17.1 Å². The van der Waals surface area contributed by atoms with Crippen LogP contribution in [0, 0.1) is 0 Å². The van der Waals surface area contributed by atoms with E-state index in [1.54, 1.807) is 48.3 Å². The maximum absolute atomic E-state index is 12.3. The first kappa shape index (κ1) is 19.1. The number of hydrazine groups is 1. The minimum absolute atomic E-state index is 0.300. The molecule has 0 bridgehead atoms. The van der Waals surface area contributed by atoms with Gasteiger partial charge in [-0.2, -0.15) is 5.10 Å². The van der Waals surface area contributed by atoms with Crippen molar-refractivity contribution in [2.45, 2.75) is 13.0 Å². The van der Waals surface area contributed by atoms with Crippen molar-refractivity contribution < 1.29 is 14.3 Å². The third-order valence-corrected chi connectivity index (χ3v) is 4.45. The average molecular weight is 401 g/mol. The fraction of sp³-hybridized carbons (Fsp3) is 0.0909. The molecular formula is C22H19N5O3. The second-order valence-corrected chi connectivity index (χ2v) is 6.57. The van der Waals surface area contributed by atoms with Gasteiger partial charge < -0.3 is 4.74 Å². The van der Waals surface area contributed by atoms with Crippen LogP contribution in [0.15, 0.2) is 79.3 Å². The Labute approximate surface area is 172 Å². The number of nitrogens with one attached hydrogen (secondary N) is 2. The van der Waals surface area contributed by atoms with Crippen molar-refractivity contribution in [3.8, 4) is 11.6 Å². The maximum Gasteiger partial charge on any atom is 0.279 e. The van der Waals surface area contributed by atoms with Crippen LogP contribution in [0.25, 0.3) is 16.6 Å². The zero-order valence-electron chi connectivity index (χ0n) is 16.1. The number of hydrogen-bond donors (Lipinski definition) is 2. The van der Waals surface area contributed by atoms with E-state index in [4.69, 9.17) is 4.74 Å². The number of nitrogens with zero attached hydrogens (tertiary/aromatic N) is 3. The molecule has 0 aliphatic rings. The summed E-state index contributed by atoms with van der Waals surface area (Å²) in [6.45, 7) is 1.61. The summed E-state index contributed by atoms with van der Waals surface area (Å²) in [5.41, 5.74) is 5.04. The second kappa shape index (κ2) is 8.44. The first-order chi connectivity index (χ1) is 14.6. The Bertz CT molecular complexity index is 1170.